The van der Waals surface area contributed by atoms with Crippen molar-refractivity contribution in [2.24, 2.45) is 0 Å². The van der Waals surface area contributed by atoms with Gasteiger partial charge in [-0.2, -0.15) is 0 Å². The van der Waals surface area contributed by atoms with E-state index in [0.29, 0.717) is 23.6 Å². The number of fused-ring (bicyclic) bond motifs is 2. The number of benzene rings is 1. The summed E-state index contributed by atoms with van der Waals surface area (Å²) in [7, 11) is 0. The minimum atomic E-state index is -0.108. The number of amides is 1. The molecule has 4 rings (SSSR count). The van der Waals surface area contributed by atoms with Crippen LogP contribution >= 0.6 is 0 Å². The third-order valence-electron chi connectivity index (χ3n) is 4.02. The second kappa shape index (κ2) is 6.23. The molecule has 1 N–H and O–H groups in total. The third-order valence-corrected chi connectivity index (χ3v) is 4.02. The molecule has 1 aliphatic rings. The normalized spacial score (nSPS) is 12.5. The molecule has 24 heavy (non-hydrogen) atoms. The van der Waals surface area contributed by atoms with E-state index in [1.165, 1.54) is 0 Å². The first-order chi connectivity index (χ1) is 11.8. The SMILES string of the molecule is O=C(NCCCn1ccc2cccnc21)c1ccc2c(c1)OCO2. The van der Waals surface area contributed by atoms with Gasteiger partial charge in [0.05, 0.1) is 0 Å². The van der Waals surface area contributed by atoms with Gasteiger partial charge >= 0.3 is 0 Å². The fourth-order valence-corrected chi connectivity index (χ4v) is 2.79. The number of carbonyl (C=O) groups excluding carboxylic acids is 1. The summed E-state index contributed by atoms with van der Waals surface area (Å²) in [5.41, 5.74) is 1.55. The molecule has 0 unspecified atom stereocenters. The number of pyridine rings is 1. The van der Waals surface area contributed by atoms with E-state index < -0.39 is 0 Å². The van der Waals surface area contributed by atoms with Gasteiger partial charge in [-0.25, -0.2) is 4.98 Å². The Morgan fingerprint density at radius 3 is 3.08 bits per heavy atom. The molecule has 0 bridgehead atoms. The largest absolute Gasteiger partial charge is 0.454 e. The van der Waals surface area contributed by atoms with Crippen molar-refractivity contribution >= 4 is 16.9 Å². The number of ether oxygens (including phenoxy) is 2. The lowest BCUT2D eigenvalue weighted by Gasteiger charge is -2.07. The average Bonchev–Trinajstić information content (AvgIpc) is 3.24. The molecule has 0 aliphatic carbocycles. The summed E-state index contributed by atoms with van der Waals surface area (Å²) in [5, 5.41) is 4.06. The highest BCUT2D eigenvalue weighted by molar-refractivity contribution is 5.94. The van der Waals surface area contributed by atoms with Crippen LogP contribution in [0.2, 0.25) is 0 Å². The average molecular weight is 323 g/mol. The topological polar surface area (TPSA) is 65.4 Å². The molecule has 2 aromatic heterocycles. The Balaban J connectivity index is 1.32. The van der Waals surface area contributed by atoms with Crippen molar-refractivity contribution in [3.05, 3.63) is 54.4 Å². The summed E-state index contributed by atoms with van der Waals surface area (Å²) >= 11 is 0. The summed E-state index contributed by atoms with van der Waals surface area (Å²) < 4.78 is 12.6. The van der Waals surface area contributed by atoms with E-state index >= 15 is 0 Å². The Labute approximate surface area is 139 Å². The van der Waals surface area contributed by atoms with Gasteiger partial charge in [0.1, 0.15) is 5.65 Å². The highest BCUT2D eigenvalue weighted by atomic mass is 16.7. The maximum Gasteiger partial charge on any atom is 0.251 e. The Bertz CT molecular complexity index is 888. The molecule has 1 amide bonds. The number of carbonyl (C=O) groups is 1. The number of nitrogens with zero attached hydrogens (tertiary/aromatic N) is 2. The minimum absolute atomic E-state index is 0.108. The lowest BCUT2D eigenvalue weighted by Crippen LogP contribution is -2.25. The van der Waals surface area contributed by atoms with Gasteiger partial charge in [0.25, 0.3) is 5.91 Å². The van der Waals surface area contributed by atoms with Crippen LogP contribution in [0.4, 0.5) is 0 Å². The molecule has 122 valence electrons. The lowest BCUT2D eigenvalue weighted by molar-refractivity contribution is 0.0952. The van der Waals surface area contributed by atoms with Crippen molar-refractivity contribution in [2.45, 2.75) is 13.0 Å². The number of hydrogen-bond acceptors (Lipinski definition) is 4. The van der Waals surface area contributed by atoms with Gasteiger partial charge in [-0.1, -0.05) is 0 Å². The number of aryl methyl sites for hydroxylation is 1. The molecule has 0 saturated carbocycles. The van der Waals surface area contributed by atoms with E-state index in [9.17, 15) is 4.79 Å². The van der Waals surface area contributed by atoms with Gasteiger partial charge in [0.15, 0.2) is 11.5 Å². The number of hydrogen-bond donors (Lipinski definition) is 1. The van der Waals surface area contributed by atoms with Gasteiger partial charge in [0.2, 0.25) is 6.79 Å². The van der Waals surface area contributed by atoms with E-state index in [4.69, 9.17) is 9.47 Å². The quantitative estimate of drug-likeness (QED) is 0.733. The Morgan fingerprint density at radius 1 is 1.21 bits per heavy atom. The second-order valence-corrected chi connectivity index (χ2v) is 5.60. The zero-order chi connectivity index (χ0) is 16.4. The predicted octanol–water partition coefficient (Wildman–Crippen LogP) is 2.59. The second-order valence-electron chi connectivity index (χ2n) is 5.60. The number of nitrogens with one attached hydrogen (secondary N) is 1. The van der Waals surface area contributed by atoms with E-state index in [1.54, 1.807) is 24.4 Å². The van der Waals surface area contributed by atoms with E-state index in [0.717, 1.165) is 24.0 Å². The fourth-order valence-electron chi connectivity index (χ4n) is 2.79. The summed E-state index contributed by atoms with van der Waals surface area (Å²) in [6.45, 7) is 1.61. The lowest BCUT2D eigenvalue weighted by atomic mass is 10.2. The monoisotopic (exact) mass is 323 g/mol. The Hall–Kier alpha value is -3.02. The van der Waals surface area contributed by atoms with Crippen LogP contribution in [0.1, 0.15) is 16.8 Å². The van der Waals surface area contributed by atoms with Crippen LogP contribution in [0.5, 0.6) is 11.5 Å². The first kappa shape index (κ1) is 14.6. The van der Waals surface area contributed by atoms with Crippen molar-refractivity contribution in [2.75, 3.05) is 13.3 Å². The van der Waals surface area contributed by atoms with Gasteiger partial charge in [-0.3, -0.25) is 4.79 Å². The van der Waals surface area contributed by atoms with Crippen LogP contribution in [0.15, 0.2) is 48.8 Å². The molecular formula is C18H17N3O3. The molecular weight excluding hydrogens is 306 g/mol. The zero-order valence-corrected chi connectivity index (χ0v) is 13.1. The minimum Gasteiger partial charge on any atom is -0.454 e. The van der Waals surface area contributed by atoms with Crippen molar-refractivity contribution in [1.29, 1.82) is 0 Å². The fraction of sp³-hybridized carbons (Fsp3) is 0.222. The maximum absolute atomic E-state index is 12.2. The van der Waals surface area contributed by atoms with Crippen molar-refractivity contribution < 1.29 is 14.3 Å². The Kier molecular flexibility index (Phi) is 3.78. The number of aromatic nitrogens is 2. The van der Waals surface area contributed by atoms with Gasteiger partial charge in [-0.15, -0.1) is 0 Å². The molecule has 0 atom stereocenters. The van der Waals surface area contributed by atoms with E-state index in [-0.39, 0.29) is 12.7 Å². The smallest absolute Gasteiger partial charge is 0.251 e. The highest BCUT2D eigenvalue weighted by Gasteiger charge is 2.15. The van der Waals surface area contributed by atoms with Gasteiger partial charge in [-0.05, 0) is 42.8 Å². The highest BCUT2D eigenvalue weighted by Crippen LogP contribution is 2.32. The van der Waals surface area contributed by atoms with E-state index in [2.05, 4.69) is 14.9 Å². The summed E-state index contributed by atoms with van der Waals surface area (Å²) in [4.78, 5) is 16.6. The van der Waals surface area contributed by atoms with Crippen LogP contribution in [0, 0.1) is 0 Å². The predicted molar refractivity (Wildman–Crippen MR) is 89.2 cm³/mol. The van der Waals surface area contributed by atoms with Crippen LogP contribution < -0.4 is 14.8 Å². The standard InChI is InChI=1S/C18H17N3O3/c22-18(14-4-5-15-16(11-14)24-12-23-15)20-8-2-9-21-10-6-13-3-1-7-19-17(13)21/h1,3-7,10-11H,2,8-9,12H2,(H,20,22). The van der Waals surface area contributed by atoms with Gasteiger partial charge in [0, 0.05) is 36.4 Å². The van der Waals surface area contributed by atoms with Crippen LogP contribution in [-0.2, 0) is 6.54 Å². The third kappa shape index (κ3) is 2.78. The van der Waals surface area contributed by atoms with Gasteiger partial charge < -0.3 is 19.4 Å². The molecule has 6 nitrogen and oxygen atoms in total. The number of rotatable bonds is 5. The Morgan fingerprint density at radius 2 is 2.12 bits per heavy atom. The zero-order valence-electron chi connectivity index (χ0n) is 13.1. The molecule has 3 heterocycles. The summed E-state index contributed by atoms with van der Waals surface area (Å²) in [5.74, 6) is 1.19. The van der Waals surface area contributed by atoms with Crippen molar-refractivity contribution in [3.63, 3.8) is 0 Å². The van der Waals surface area contributed by atoms with Crippen LogP contribution in [0.3, 0.4) is 0 Å². The molecule has 0 fully saturated rings. The maximum atomic E-state index is 12.2. The molecule has 0 spiro atoms. The van der Waals surface area contributed by atoms with Crippen LogP contribution in [-0.4, -0.2) is 28.8 Å². The van der Waals surface area contributed by atoms with Crippen molar-refractivity contribution in [3.8, 4) is 11.5 Å². The first-order valence-corrected chi connectivity index (χ1v) is 7.89. The molecule has 1 aromatic carbocycles. The summed E-state index contributed by atoms with van der Waals surface area (Å²) in [6.07, 6.45) is 4.65. The van der Waals surface area contributed by atoms with E-state index in [1.807, 2.05) is 24.4 Å². The van der Waals surface area contributed by atoms with Crippen LogP contribution in [0.25, 0.3) is 11.0 Å². The first-order valence-electron chi connectivity index (χ1n) is 7.89. The van der Waals surface area contributed by atoms with Crippen molar-refractivity contribution in [1.82, 2.24) is 14.9 Å². The molecule has 0 saturated heterocycles. The molecule has 1 aliphatic heterocycles. The molecule has 3 aromatic rings. The molecule has 0 radical (unpaired) electrons. The molecule has 6 heteroatoms. The summed E-state index contributed by atoms with van der Waals surface area (Å²) in [6, 6.07) is 11.2.